The van der Waals surface area contributed by atoms with Gasteiger partial charge in [0.15, 0.2) is 5.96 Å². The summed E-state index contributed by atoms with van der Waals surface area (Å²) in [5, 5.41) is 3.02. The summed E-state index contributed by atoms with van der Waals surface area (Å²) in [7, 11) is 0. The highest BCUT2D eigenvalue weighted by Crippen LogP contribution is 2.20. The maximum absolute atomic E-state index is 12.4. The molecule has 7 heteroatoms. The molecule has 2 unspecified atom stereocenters. The fraction of sp³-hybridized carbons (Fsp3) is 0.273. The molecule has 2 aliphatic rings. The Morgan fingerprint density at radius 3 is 3.17 bits per heavy atom. The van der Waals surface area contributed by atoms with Gasteiger partial charge in [-0.3, -0.25) is 4.79 Å². The van der Waals surface area contributed by atoms with Crippen LogP contribution in [0.2, 0.25) is 0 Å². The molecule has 6 nitrogen and oxygen atoms in total. The Morgan fingerprint density at radius 1 is 1.61 bits per heavy atom. The van der Waals surface area contributed by atoms with E-state index in [0.717, 1.165) is 4.47 Å². The Labute approximate surface area is 112 Å². The second-order valence-electron chi connectivity index (χ2n) is 4.21. The number of aliphatic imine (C=N–C) groups is 1. The Balaban J connectivity index is 1.85. The molecule has 18 heavy (non-hydrogen) atoms. The predicted molar refractivity (Wildman–Crippen MR) is 71.0 cm³/mol. The van der Waals surface area contributed by atoms with Crippen LogP contribution in [0.25, 0.3) is 0 Å². The zero-order chi connectivity index (χ0) is 12.7. The van der Waals surface area contributed by atoms with Gasteiger partial charge in [-0.1, -0.05) is 12.2 Å². The Kier molecular flexibility index (Phi) is 2.62. The fourth-order valence-electron chi connectivity index (χ4n) is 2.20. The number of hydrogen-bond donors (Lipinski definition) is 3. The number of H-pyrrole nitrogens is 1. The molecule has 2 atom stereocenters. The molecular formula is C11H12BrN5O. The normalized spacial score (nSPS) is 25.6. The Bertz CT molecular complexity index is 549. The van der Waals surface area contributed by atoms with Crippen molar-refractivity contribution >= 4 is 27.8 Å². The van der Waals surface area contributed by atoms with Gasteiger partial charge >= 0.3 is 0 Å². The van der Waals surface area contributed by atoms with Gasteiger partial charge in [0.2, 0.25) is 0 Å². The fourth-order valence-corrected chi connectivity index (χ4v) is 2.54. The summed E-state index contributed by atoms with van der Waals surface area (Å²) in [5.74, 6) is 0.305. The van der Waals surface area contributed by atoms with Crippen LogP contribution in [-0.2, 0) is 0 Å². The summed E-state index contributed by atoms with van der Waals surface area (Å²) in [6, 6.07) is 1.66. The summed E-state index contributed by atoms with van der Waals surface area (Å²) >= 11 is 3.32. The molecule has 0 aliphatic carbocycles. The van der Waals surface area contributed by atoms with Crippen LogP contribution >= 0.6 is 15.9 Å². The molecule has 0 bridgehead atoms. The molecule has 4 N–H and O–H groups in total. The number of carbonyl (C=O) groups is 1. The third kappa shape index (κ3) is 1.80. The number of amides is 1. The molecule has 3 rings (SSSR count). The number of nitrogens with two attached hydrogens (primary N) is 1. The number of hydrogen-bond acceptors (Lipinski definition) is 4. The first-order chi connectivity index (χ1) is 8.65. The average molecular weight is 310 g/mol. The van der Waals surface area contributed by atoms with Crippen molar-refractivity contribution in [3.63, 3.8) is 0 Å². The molecule has 0 aromatic carbocycles. The van der Waals surface area contributed by atoms with Gasteiger partial charge in [-0.2, -0.15) is 0 Å². The number of halogens is 1. The van der Waals surface area contributed by atoms with E-state index in [0.29, 0.717) is 18.2 Å². The van der Waals surface area contributed by atoms with Crippen molar-refractivity contribution in [2.45, 2.75) is 12.2 Å². The number of carbonyl (C=O) groups excluding carboxylic acids is 1. The van der Waals surface area contributed by atoms with Crippen molar-refractivity contribution in [2.75, 3.05) is 6.54 Å². The van der Waals surface area contributed by atoms with Gasteiger partial charge < -0.3 is 20.9 Å². The van der Waals surface area contributed by atoms with Crippen molar-refractivity contribution in [1.82, 2.24) is 15.2 Å². The lowest BCUT2D eigenvalue weighted by atomic mass is 10.1. The minimum Gasteiger partial charge on any atom is -0.370 e. The quantitative estimate of drug-likeness (QED) is 0.656. The van der Waals surface area contributed by atoms with Crippen LogP contribution in [0.4, 0.5) is 0 Å². The number of nitrogens with zero attached hydrogens (tertiary/aromatic N) is 2. The second kappa shape index (κ2) is 4.16. The molecule has 0 radical (unpaired) electrons. The average Bonchev–Trinajstić information content (AvgIpc) is 2.92. The largest absolute Gasteiger partial charge is 0.370 e. The highest BCUT2D eigenvalue weighted by atomic mass is 79.9. The van der Waals surface area contributed by atoms with Crippen molar-refractivity contribution in [2.24, 2.45) is 10.7 Å². The standard InChI is InChI=1S/C11H12BrN5O/c12-6-4-8(14-5-6)10(18)17-3-1-2-7-9(17)16-11(13)15-7/h1-2,4-5,7,9,14H,3H2,(H3,13,15,16). The van der Waals surface area contributed by atoms with E-state index in [-0.39, 0.29) is 18.1 Å². The second-order valence-corrected chi connectivity index (χ2v) is 5.13. The van der Waals surface area contributed by atoms with Crippen LogP contribution in [0.1, 0.15) is 10.5 Å². The van der Waals surface area contributed by atoms with Gasteiger partial charge in [0.05, 0.1) is 0 Å². The van der Waals surface area contributed by atoms with E-state index >= 15 is 0 Å². The zero-order valence-corrected chi connectivity index (χ0v) is 11.0. The predicted octanol–water partition coefficient (Wildman–Crippen LogP) is 0.402. The molecule has 94 valence electrons. The van der Waals surface area contributed by atoms with Gasteiger partial charge in [-0.25, -0.2) is 4.99 Å². The van der Waals surface area contributed by atoms with Crippen LogP contribution in [0.15, 0.2) is 33.9 Å². The molecule has 1 amide bonds. The Hall–Kier alpha value is -1.76. The summed E-state index contributed by atoms with van der Waals surface area (Å²) in [6.45, 7) is 0.548. The molecule has 2 aliphatic heterocycles. The summed E-state index contributed by atoms with van der Waals surface area (Å²) in [6.07, 6.45) is 5.44. The van der Waals surface area contributed by atoms with Gasteiger partial charge in [0, 0.05) is 17.2 Å². The molecule has 0 saturated heterocycles. The third-order valence-electron chi connectivity index (χ3n) is 3.02. The number of fused-ring (bicyclic) bond motifs is 1. The molecule has 1 aromatic rings. The van der Waals surface area contributed by atoms with Crippen molar-refractivity contribution < 1.29 is 4.79 Å². The lowest BCUT2D eigenvalue weighted by Crippen LogP contribution is -2.54. The molecule has 0 saturated carbocycles. The lowest BCUT2D eigenvalue weighted by molar-refractivity contribution is 0.0669. The summed E-state index contributed by atoms with van der Waals surface area (Å²) in [5.41, 5.74) is 6.20. The monoisotopic (exact) mass is 309 g/mol. The molecule has 0 fully saturated rings. The number of aromatic nitrogens is 1. The molecule has 1 aromatic heterocycles. The zero-order valence-electron chi connectivity index (χ0n) is 9.43. The topological polar surface area (TPSA) is 86.5 Å². The number of aromatic amines is 1. The summed E-state index contributed by atoms with van der Waals surface area (Å²) < 4.78 is 0.852. The van der Waals surface area contributed by atoms with Crippen LogP contribution in [0, 0.1) is 0 Å². The highest BCUT2D eigenvalue weighted by molar-refractivity contribution is 9.10. The van der Waals surface area contributed by atoms with E-state index < -0.39 is 0 Å². The van der Waals surface area contributed by atoms with Gasteiger partial charge in [0.1, 0.15) is 17.9 Å². The number of guanidine groups is 1. The minimum absolute atomic E-state index is 0.0718. The first-order valence-electron chi connectivity index (χ1n) is 5.56. The van der Waals surface area contributed by atoms with E-state index in [1.165, 1.54) is 0 Å². The van der Waals surface area contributed by atoms with Crippen molar-refractivity contribution in [1.29, 1.82) is 0 Å². The number of rotatable bonds is 1. The molecular weight excluding hydrogens is 298 g/mol. The SMILES string of the molecule is NC1=NC2C=CCN(C(=O)c3cc(Br)c[nH]3)C2N1. The first kappa shape index (κ1) is 11.3. The Morgan fingerprint density at radius 2 is 2.44 bits per heavy atom. The number of nitrogens with one attached hydrogen (secondary N) is 2. The van der Waals surface area contributed by atoms with E-state index in [2.05, 4.69) is 31.2 Å². The maximum Gasteiger partial charge on any atom is 0.272 e. The van der Waals surface area contributed by atoms with E-state index in [4.69, 9.17) is 5.73 Å². The smallest absolute Gasteiger partial charge is 0.272 e. The lowest BCUT2D eigenvalue weighted by Gasteiger charge is -2.33. The first-order valence-corrected chi connectivity index (χ1v) is 6.36. The molecule has 3 heterocycles. The van der Waals surface area contributed by atoms with Crippen molar-refractivity contribution in [3.05, 3.63) is 34.6 Å². The van der Waals surface area contributed by atoms with E-state index in [1.807, 2.05) is 12.2 Å². The highest BCUT2D eigenvalue weighted by Gasteiger charge is 2.36. The van der Waals surface area contributed by atoms with Gasteiger partial charge in [-0.15, -0.1) is 0 Å². The van der Waals surface area contributed by atoms with Crippen molar-refractivity contribution in [3.8, 4) is 0 Å². The molecule has 0 spiro atoms. The third-order valence-corrected chi connectivity index (χ3v) is 3.48. The maximum atomic E-state index is 12.4. The van der Waals surface area contributed by atoms with E-state index in [9.17, 15) is 4.79 Å². The van der Waals surface area contributed by atoms with Gasteiger partial charge in [0.25, 0.3) is 5.91 Å². The van der Waals surface area contributed by atoms with Gasteiger partial charge in [-0.05, 0) is 22.0 Å². The van der Waals surface area contributed by atoms with Crippen LogP contribution in [0.5, 0.6) is 0 Å². The minimum atomic E-state index is -0.190. The van der Waals surface area contributed by atoms with Crippen LogP contribution in [0.3, 0.4) is 0 Å². The van der Waals surface area contributed by atoms with Crippen LogP contribution in [-0.4, -0.2) is 40.5 Å². The van der Waals surface area contributed by atoms with E-state index in [1.54, 1.807) is 17.2 Å². The summed E-state index contributed by atoms with van der Waals surface area (Å²) in [4.78, 5) is 21.2. The van der Waals surface area contributed by atoms with Crippen LogP contribution < -0.4 is 11.1 Å².